The van der Waals surface area contributed by atoms with Gasteiger partial charge in [0.25, 0.3) is 0 Å². The summed E-state index contributed by atoms with van der Waals surface area (Å²) < 4.78 is 0. The molecule has 3 rings (SSSR count). The molecule has 0 spiro atoms. The van der Waals surface area contributed by atoms with Crippen molar-refractivity contribution in [1.29, 1.82) is 5.26 Å². The smallest absolute Gasteiger partial charge is 0.224 e. The van der Waals surface area contributed by atoms with Crippen LogP contribution in [0.1, 0.15) is 37.4 Å². The summed E-state index contributed by atoms with van der Waals surface area (Å²) in [5, 5.41) is 13.4. The topological polar surface area (TPSA) is 56.1 Å². The van der Waals surface area contributed by atoms with Crippen LogP contribution >= 0.6 is 11.6 Å². The van der Waals surface area contributed by atoms with E-state index < -0.39 is 0 Å². The number of hydrogen-bond acceptors (Lipinski definition) is 3. The second-order valence-electron chi connectivity index (χ2n) is 6.06. The molecule has 2 unspecified atom stereocenters. The maximum Gasteiger partial charge on any atom is 0.224 e. The molecule has 0 saturated carbocycles. The van der Waals surface area contributed by atoms with Gasteiger partial charge in [-0.3, -0.25) is 4.79 Å². The van der Waals surface area contributed by atoms with Gasteiger partial charge >= 0.3 is 0 Å². The Kier molecular flexibility index (Phi) is 4.46. The fourth-order valence-corrected chi connectivity index (χ4v) is 3.42. The highest BCUT2D eigenvalue weighted by atomic mass is 35.5. The summed E-state index contributed by atoms with van der Waals surface area (Å²) in [5.41, 5.74) is 3.39. The summed E-state index contributed by atoms with van der Waals surface area (Å²) in [6, 6.07) is 15.3. The lowest BCUT2D eigenvalue weighted by molar-refractivity contribution is -0.117. The van der Waals surface area contributed by atoms with E-state index in [2.05, 4.69) is 11.4 Å². The monoisotopic (exact) mass is 339 g/mol. The van der Waals surface area contributed by atoms with Crippen molar-refractivity contribution < 1.29 is 4.79 Å². The Labute approximate surface area is 146 Å². The molecule has 0 bridgehead atoms. The van der Waals surface area contributed by atoms with Crippen LogP contribution in [0, 0.1) is 11.3 Å². The molecule has 4 nitrogen and oxygen atoms in total. The van der Waals surface area contributed by atoms with Gasteiger partial charge in [0.15, 0.2) is 0 Å². The van der Waals surface area contributed by atoms with Crippen molar-refractivity contribution in [3.05, 3.63) is 58.6 Å². The SMILES string of the molecule is CC(=O)N1c2ccc(C#N)cc2C(Nc2ccc(Cl)cc2)CC1C. The molecule has 122 valence electrons. The molecule has 1 aliphatic heterocycles. The largest absolute Gasteiger partial charge is 0.378 e. The number of nitrogens with zero attached hydrogens (tertiary/aromatic N) is 2. The number of rotatable bonds is 2. The fraction of sp³-hybridized carbons (Fsp3) is 0.263. The minimum atomic E-state index is 0.0124. The minimum absolute atomic E-state index is 0.0124. The summed E-state index contributed by atoms with van der Waals surface area (Å²) in [7, 11) is 0. The molecular weight excluding hydrogens is 322 g/mol. The van der Waals surface area contributed by atoms with Gasteiger partial charge in [-0.15, -0.1) is 0 Å². The van der Waals surface area contributed by atoms with E-state index in [-0.39, 0.29) is 18.0 Å². The predicted octanol–water partition coefficient (Wildman–Crippen LogP) is 4.51. The number of halogens is 1. The van der Waals surface area contributed by atoms with Crippen molar-refractivity contribution >= 4 is 28.9 Å². The average molecular weight is 340 g/mol. The van der Waals surface area contributed by atoms with Crippen molar-refractivity contribution in [3.63, 3.8) is 0 Å². The highest BCUT2D eigenvalue weighted by molar-refractivity contribution is 6.30. The number of nitrogens with one attached hydrogen (secondary N) is 1. The third-order valence-electron chi connectivity index (χ3n) is 4.33. The van der Waals surface area contributed by atoms with Crippen LogP contribution in [-0.2, 0) is 4.79 Å². The van der Waals surface area contributed by atoms with Crippen LogP contribution in [0.2, 0.25) is 5.02 Å². The molecule has 1 aliphatic rings. The van der Waals surface area contributed by atoms with Crippen LogP contribution in [0.4, 0.5) is 11.4 Å². The van der Waals surface area contributed by atoms with Gasteiger partial charge in [-0.2, -0.15) is 5.26 Å². The van der Waals surface area contributed by atoms with Crippen molar-refractivity contribution in [3.8, 4) is 6.07 Å². The molecule has 2 aromatic rings. The number of carbonyl (C=O) groups excluding carboxylic acids is 1. The van der Waals surface area contributed by atoms with Crippen molar-refractivity contribution in [2.75, 3.05) is 10.2 Å². The number of fused-ring (bicyclic) bond motifs is 1. The Morgan fingerprint density at radius 1 is 1.29 bits per heavy atom. The highest BCUT2D eigenvalue weighted by Crippen LogP contribution is 2.39. The summed E-state index contributed by atoms with van der Waals surface area (Å²) in [6.45, 7) is 3.62. The molecule has 0 fully saturated rings. The van der Waals surface area contributed by atoms with E-state index >= 15 is 0 Å². The molecule has 0 saturated heterocycles. The maximum atomic E-state index is 12.1. The van der Waals surface area contributed by atoms with Crippen molar-refractivity contribution in [2.45, 2.75) is 32.4 Å². The zero-order chi connectivity index (χ0) is 17.3. The summed E-state index contributed by atoms with van der Waals surface area (Å²) in [4.78, 5) is 13.9. The second kappa shape index (κ2) is 6.54. The van der Waals surface area contributed by atoms with Gasteiger partial charge in [-0.25, -0.2) is 0 Å². The lowest BCUT2D eigenvalue weighted by Crippen LogP contribution is -2.43. The molecule has 2 atom stereocenters. The van der Waals surface area contributed by atoms with Gasteiger partial charge in [0.2, 0.25) is 5.91 Å². The first-order valence-corrected chi connectivity index (χ1v) is 8.23. The van der Waals surface area contributed by atoms with Gasteiger partial charge in [-0.05, 0) is 61.4 Å². The van der Waals surface area contributed by atoms with Crippen LogP contribution in [0.3, 0.4) is 0 Å². The van der Waals surface area contributed by atoms with Crippen LogP contribution < -0.4 is 10.2 Å². The molecule has 1 heterocycles. The number of anilines is 2. The lowest BCUT2D eigenvalue weighted by Gasteiger charge is -2.39. The molecular formula is C19H18ClN3O. The minimum Gasteiger partial charge on any atom is -0.378 e. The molecule has 2 aromatic carbocycles. The summed E-state index contributed by atoms with van der Waals surface area (Å²) >= 11 is 5.94. The van der Waals surface area contributed by atoms with E-state index in [0.717, 1.165) is 23.4 Å². The van der Waals surface area contributed by atoms with Crippen LogP contribution in [0.15, 0.2) is 42.5 Å². The van der Waals surface area contributed by atoms with Crippen LogP contribution in [0.5, 0.6) is 0 Å². The number of hydrogen-bond donors (Lipinski definition) is 1. The van der Waals surface area contributed by atoms with Gasteiger partial charge in [-0.1, -0.05) is 11.6 Å². The summed E-state index contributed by atoms with van der Waals surface area (Å²) in [6.07, 6.45) is 0.768. The third-order valence-corrected chi connectivity index (χ3v) is 4.59. The Morgan fingerprint density at radius 3 is 2.62 bits per heavy atom. The number of carbonyl (C=O) groups is 1. The average Bonchev–Trinajstić information content (AvgIpc) is 2.56. The maximum absolute atomic E-state index is 12.1. The van der Waals surface area contributed by atoms with Gasteiger partial charge in [0, 0.05) is 29.4 Å². The molecule has 5 heteroatoms. The first-order chi connectivity index (χ1) is 11.5. The predicted molar refractivity (Wildman–Crippen MR) is 96.2 cm³/mol. The molecule has 1 N–H and O–H groups in total. The van der Waals surface area contributed by atoms with Gasteiger partial charge in [0.05, 0.1) is 17.7 Å². The van der Waals surface area contributed by atoms with Gasteiger partial charge in [0.1, 0.15) is 0 Å². The standard InChI is InChI=1S/C19H18ClN3O/c1-12-9-18(22-16-6-4-15(20)5-7-16)17-10-14(11-21)3-8-19(17)23(12)13(2)24/h3-8,10,12,18,22H,9H2,1-2H3. The first kappa shape index (κ1) is 16.4. The van der Waals surface area contributed by atoms with E-state index in [4.69, 9.17) is 11.6 Å². The first-order valence-electron chi connectivity index (χ1n) is 7.85. The third kappa shape index (κ3) is 3.08. The molecule has 0 aliphatic carbocycles. The number of nitriles is 1. The normalized spacial score (nSPS) is 19.3. The van der Waals surface area contributed by atoms with Crippen LogP contribution in [-0.4, -0.2) is 11.9 Å². The van der Waals surface area contributed by atoms with Crippen LogP contribution in [0.25, 0.3) is 0 Å². The Balaban J connectivity index is 2.01. The number of amides is 1. The van der Waals surface area contributed by atoms with Crippen molar-refractivity contribution in [2.24, 2.45) is 0 Å². The van der Waals surface area contributed by atoms with E-state index in [1.807, 2.05) is 43.3 Å². The number of benzene rings is 2. The van der Waals surface area contributed by atoms with Crippen molar-refractivity contribution in [1.82, 2.24) is 0 Å². The lowest BCUT2D eigenvalue weighted by atomic mass is 9.90. The second-order valence-corrected chi connectivity index (χ2v) is 6.50. The quantitative estimate of drug-likeness (QED) is 0.875. The summed E-state index contributed by atoms with van der Waals surface area (Å²) in [5.74, 6) is 0.0124. The Bertz CT molecular complexity index is 810. The zero-order valence-corrected chi connectivity index (χ0v) is 14.3. The molecule has 1 amide bonds. The fourth-order valence-electron chi connectivity index (χ4n) is 3.30. The zero-order valence-electron chi connectivity index (χ0n) is 13.6. The van der Waals surface area contributed by atoms with E-state index in [9.17, 15) is 10.1 Å². The Hall–Kier alpha value is -2.51. The van der Waals surface area contributed by atoms with E-state index in [0.29, 0.717) is 10.6 Å². The van der Waals surface area contributed by atoms with E-state index in [1.54, 1.807) is 17.9 Å². The van der Waals surface area contributed by atoms with Gasteiger partial charge < -0.3 is 10.2 Å². The molecule has 24 heavy (non-hydrogen) atoms. The van der Waals surface area contributed by atoms with E-state index in [1.165, 1.54) is 0 Å². The highest BCUT2D eigenvalue weighted by Gasteiger charge is 2.32. The molecule has 0 radical (unpaired) electrons. The Morgan fingerprint density at radius 2 is 2.00 bits per heavy atom. The molecule has 0 aromatic heterocycles.